The summed E-state index contributed by atoms with van der Waals surface area (Å²) >= 11 is 0. The van der Waals surface area contributed by atoms with Crippen LogP contribution in [0.4, 0.5) is 0 Å². The predicted octanol–water partition coefficient (Wildman–Crippen LogP) is 1.74. The lowest BCUT2D eigenvalue weighted by Crippen LogP contribution is -2.11. The fourth-order valence-corrected chi connectivity index (χ4v) is 1.84. The Morgan fingerprint density at radius 3 is 2.69 bits per heavy atom. The van der Waals surface area contributed by atoms with Crippen LogP contribution in [0.5, 0.6) is 0 Å². The van der Waals surface area contributed by atoms with Crippen molar-refractivity contribution in [1.82, 2.24) is 9.78 Å². The number of aryl methyl sites for hydroxylation is 1. The van der Waals surface area contributed by atoms with Gasteiger partial charge in [0.25, 0.3) is 0 Å². The summed E-state index contributed by atoms with van der Waals surface area (Å²) in [7, 11) is 0. The molecule has 0 aliphatic rings. The second kappa shape index (κ2) is 4.94. The van der Waals surface area contributed by atoms with E-state index in [1.165, 1.54) is 11.3 Å². The Hall–Kier alpha value is -1.61. The van der Waals surface area contributed by atoms with Gasteiger partial charge in [-0.3, -0.25) is 4.68 Å². The summed E-state index contributed by atoms with van der Waals surface area (Å²) in [6, 6.07) is 12.5. The molecule has 0 aliphatic heterocycles. The van der Waals surface area contributed by atoms with E-state index in [1.807, 2.05) is 29.8 Å². The number of aromatic nitrogens is 2. The minimum absolute atomic E-state index is 0.667. The Balaban J connectivity index is 2.20. The van der Waals surface area contributed by atoms with Gasteiger partial charge in [-0.05, 0) is 25.1 Å². The third-order valence-corrected chi connectivity index (χ3v) is 2.56. The van der Waals surface area contributed by atoms with Crippen LogP contribution in [-0.4, -0.2) is 16.3 Å². The van der Waals surface area contributed by atoms with Crippen LogP contribution in [0.2, 0.25) is 0 Å². The zero-order valence-electron chi connectivity index (χ0n) is 9.56. The SMILES string of the molecule is Cc1cc(CCN)n(Cc2ccccc2)n1. The van der Waals surface area contributed by atoms with Crippen LogP contribution < -0.4 is 5.73 Å². The van der Waals surface area contributed by atoms with Crippen LogP contribution in [0.25, 0.3) is 0 Å². The molecule has 2 rings (SSSR count). The van der Waals surface area contributed by atoms with Gasteiger partial charge in [-0.1, -0.05) is 30.3 Å². The molecule has 0 bridgehead atoms. The van der Waals surface area contributed by atoms with Crippen molar-refractivity contribution in [2.24, 2.45) is 5.73 Å². The van der Waals surface area contributed by atoms with Crippen molar-refractivity contribution in [3.05, 3.63) is 53.3 Å². The minimum atomic E-state index is 0.667. The van der Waals surface area contributed by atoms with Crippen LogP contribution >= 0.6 is 0 Å². The molecule has 0 saturated heterocycles. The summed E-state index contributed by atoms with van der Waals surface area (Å²) in [4.78, 5) is 0. The van der Waals surface area contributed by atoms with Crippen molar-refractivity contribution in [1.29, 1.82) is 0 Å². The first-order chi connectivity index (χ1) is 7.79. The molecule has 16 heavy (non-hydrogen) atoms. The van der Waals surface area contributed by atoms with E-state index in [-0.39, 0.29) is 0 Å². The Morgan fingerprint density at radius 1 is 1.25 bits per heavy atom. The van der Waals surface area contributed by atoms with Gasteiger partial charge in [0.2, 0.25) is 0 Å². The average molecular weight is 215 g/mol. The maximum atomic E-state index is 5.59. The molecule has 0 amide bonds. The lowest BCUT2D eigenvalue weighted by molar-refractivity contribution is 0.638. The summed E-state index contributed by atoms with van der Waals surface area (Å²) in [6.45, 7) is 3.51. The first kappa shape index (κ1) is 10.9. The minimum Gasteiger partial charge on any atom is -0.330 e. The quantitative estimate of drug-likeness (QED) is 0.844. The largest absolute Gasteiger partial charge is 0.330 e. The van der Waals surface area contributed by atoms with Crippen molar-refractivity contribution < 1.29 is 0 Å². The first-order valence-electron chi connectivity index (χ1n) is 5.57. The maximum Gasteiger partial charge on any atom is 0.0662 e. The first-order valence-corrected chi connectivity index (χ1v) is 5.57. The van der Waals surface area contributed by atoms with E-state index in [9.17, 15) is 0 Å². The molecule has 2 aromatic rings. The highest BCUT2D eigenvalue weighted by molar-refractivity contribution is 5.17. The topological polar surface area (TPSA) is 43.8 Å². The van der Waals surface area contributed by atoms with Crippen molar-refractivity contribution >= 4 is 0 Å². The highest BCUT2D eigenvalue weighted by Gasteiger charge is 2.04. The summed E-state index contributed by atoms with van der Waals surface area (Å²) < 4.78 is 2.04. The highest BCUT2D eigenvalue weighted by atomic mass is 15.3. The van der Waals surface area contributed by atoms with Crippen molar-refractivity contribution in [2.45, 2.75) is 19.9 Å². The molecule has 3 heteroatoms. The molecular weight excluding hydrogens is 198 g/mol. The van der Waals surface area contributed by atoms with Crippen LogP contribution in [0, 0.1) is 6.92 Å². The van der Waals surface area contributed by atoms with Crippen LogP contribution in [-0.2, 0) is 13.0 Å². The molecule has 3 nitrogen and oxygen atoms in total. The van der Waals surface area contributed by atoms with E-state index >= 15 is 0 Å². The predicted molar refractivity (Wildman–Crippen MR) is 65.3 cm³/mol. The van der Waals surface area contributed by atoms with E-state index in [0.717, 1.165) is 18.7 Å². The van der Waals surface area contributed by atoms with Crippen molar-refractivity contribution in [2.75, 3.05) is 6.54 Å². The number of nitrogens with two attached hydrogens (primary N) is 1. The molecule has 0 fully saturated rings. The third kappa shape index (κ3) is 2.49. The summed E-state index contributed by atoms with van der Waals surface area (Å²) in [6.07, 6.45) is 0.883. The Morgan fingerprint density at radius 2 is 2.00 bits per heavy atom. The molecule has 0 unspecified atom stereocenters. The van der Waals surface area contributed by atoms with Gasteiger partial charge in [0.05, 0.1) is 12.2 Å². The molecule has 0 spiro atoms. The van der Waals surface area contributed by atoms with Gasteiger partial charge >= 0.3 is 0 Å². The number of rotatable bonds is 4. The number of nitrogens with zero attached hydrogens (tertiary/aromatic N) is 2. The molecule has 1 heterocycles. The normalized spacial score (nSPS) is 10.6. The highest BCUT2D eigenvalue weighted by Crippen LogP contribution is 2.08. The third-order valence-electron chi connectivity index (χ3n) is 2.56. The van der Waals surface area contributed by atoms with Crippen LogP contribution in [0.3, 0.4) is 0 Å². The zero-order valence-corrected chi connectivity index (χ0v) is 9.56. The lowest BCUT2D eigenvalue weighted by atomic mass is 10.2. The van der Waals surface area contributed by atoms with E-state index in [1.54, 1.807) is 0 Å². The molecule has 0 aliphatic carbocycles. The second-order valence-corrected chi connectivity index (χ2v) is 3.96. The molecule has 0 saturated carbocycles. The number of benzene rings is 1. The molecule has 84 valence electrons. The van der Waals surface area contributed by atoms with E-state index < -0.39 is 0 Å². The second-order valence-electron chi connectivity index (χ2n) is 3.96. The van der Waals surface area contributed by atoms with Gasteiger partial charge in [0.1, 0.15) is 0 Å². The monoisotopic (exact) mass is 215 g/mol. The van der Waals surface area contributed by atoms with Gasteiger partial charge in [-0.15, -0.1) is 0 Å². The Bertz CT molecular complexity index is 445. The average Bonchev–Trinajstić information content (AvgIpc) is 2.61. The molecule has 0 atom stereocenters. The van der Waals surface area contributed by atoms with Gasteiger partial charge in [-0.2, -0.15) is 5.10 Å². The molecule has 0 radical (unpaired) electrons. The summed E-state index contributed by atoms with van der Waals surface area (Å²) in [5.41, 5.74) is 9.13. The van der Waals surface area contributed by atoms with Crippen LogP contribution in [0.1, 0.15) is 17.0 Å². The van der Waals surface area contributed by atoms with Gasteiger partial charge in [0.15, 0.2) is 0 Å². The lowest BCUT2D eigenvalue weighted by Gasteiger charge is -2.06. The fourth-order valence-electron chi connectivity index (χ4n) is 1.84. The molecular formula is C13H17N3. The summed E-state index contributed by atoms with van der Waals surface area (Å²) in [5.74, 6) is 0. The van der Waals surface area contributed by atoms with Gasteiger partial charge < -0.3 is 5.73 Å². The Labute approximate surface area is 95.9 Å². The molecule has 1 aromatic heterocycles. The maximum absolute atomic E-state index is 5.59. The fraction of sp³-hybridized carbons (Fsp3) is 0.308. The number of hydrogen-bond acceptors (Lipinski definition) is 2. The smallest absolute Gasteiger partial charge is 0.0662 e. The van der Waals surface area contributed by atoms with Gasteiger partial charge in [0, 0.05) is 12.1 Å². The number of hydrogen-bond donors (Lipinski definition) is 1. The van der Waals surface area contributed by atoms with E-state index in [2.05, 4.69) is 23.3 Å². The molecule has 2 N–H and O–H groups in total. The Kier molecular flexibility index (Phi) is 3.37. The van der Waals surface area contributed by atoms with Gasteiger partial charge in [-0.25, -0.2) is 0 Å². The van der Waals surface area contributed by atoms with Crippen molar-refractivity contribution in [3.63, 3.8) is 0 Å². The summed E-state index contributed by atoms with van der Waals surface area (Å²) in [5, 5.41) is 4.49. The molecule has 1 aromatic carbocycles. The van der Waals surface area contributed by atoms with Crippen LogP contribution in [0.15, 0.2) is 36.4 Å². The van der Waals surface area contributed by atoms with E-state index in [0.29, 0.717) is 6.54 Å². The zero-order chi connectivity index (χ0) is 11.4. The van der Waals surface area contributed by atoms with Crippen molar-refractivity contribution in [3.8, 4) is 0 Å². The standard InChI is InChI=1S/C13H17N3/c1-11-9-13(7-8-14)16(15-11)10-12-5-3-2-4-6-12/h2-6,9H,7-8,10,14H2,1H3. The van der Waals surface area contributed by atoms with E-state index in [4.69, 9.17) is 5.73 Å².